The molecule has 0 spiro atoms. The molecule has 10 nitrogen and oxygen atoms in total. The van der Waals surface area contributed by atoms with E-state index in [9.17, 15) is 4.79 Å². The van der Waals surface area contributed by atoms with Gasteiger partial charge in [-0.25, -0.2) is 9.97 Å². The van der Waals surface area contributed by atoms with E-state index in [0.717, 1.165) is 47.3 Å². The van der Waals surface area contributed by atoms with Gasteiger partial charge in [0.15, 0.2) is 0 Å². The topological polar surface area (TPSA) is 131 Å². The highest BCUT2D eigenvalue weighted by Crippen LogP contribution is 2.29. The molecule has 2 aromatic carbocycles. The molecule has 2 heterocycles. The number of benzene rings is 2. The number of tetrazole rings is 1. The molecule has 2 aromatic heterocycles. The predicted octanol–water partition coefficient (Wildman–Crippen LogP) is 3.65. The van der Waals surface area contributed by atoms with Crippen LogP contribution < -0.4 is 10.6 Å². The van der Waals surface area contributed by atoms with Gasteiger partial charge < -0.3 is 15.4 Å². The van der Waals surface area contributed by atoms with E-state index in [4.69, 9.17) is 4.74 Å². The van der Waals surface area contributed by atoms with E-state index in [1.54, 1.807) is 13.3 Å². The first-order valence-electron chi connectivity index (χ1n) is 12.0. The average molecular weight is 487 g/mol. The Labute approximate surface area is 209 Å². The van der Waals surface area contributed by atoms with Gasteiger partial charge in [0.2, 0.25) is 5.82 Å². The van der Waals surface area contributed by atoms with Gasteiger partial charge in [-0.3, -0.25) is 4.79 Å². The van der Waals surface area contributed by atoms with Crippen molar-refractivity contribution in [3.63, 3.8) is 0 Å². The van der Waals surface area contributed by atoms with Crippen LogP contribution in [0.1, 0.15) is 41.5 Å². The van der Waals surface area contributed by atoms with E-state index >= 15 is 0 Å². The van der Waals surface area contributed by atoms with E-state index in [1.807, 2.05) is 36.4 Å². The summed E-state index contributed by atoms with van der Waals surface area (Å²) in [6.45, 7) is 3.49. The van der Waals surface area contributed by atoms with Crippen molar-refractivity contribution in [3.8, 4) is 22.5 Å². The number of amides is 1. The number of ether oxygens (including phenoxy) is 1. The molecule has 186 valence electrons. The molecule has 0 atom stereocenters. The largest absolute Gasteiger partial charge is 0.383 e. The van der Waals surface area contributed by atoms with Crippen LogP contribution in [0.5, 0.6) is 0 Å². The number of hydrogen-bond donors (Lipinski definition) is 3. The smallest absolute Gasteiger partial charge is 0.256 e. The maximum absolute atomic E-state index is 12.7. The minimum Gasteiger partial charge on any atom is -0.383 e. The third-order valence-corrected chi connectivity index (χ3v) is 5.67. The lowest BCUT2D eigenvalue weighted by Gasteiger charge is -2.13. The second-order valence-corrected chi connectivity index (χ2v) is 8.23. The molecule has 0 bridgehead atoms. The fourth-order valence-electron chi connectivity index (χ4n) is 3.73. The molecule has 4 rings (SSSR count). The Morgan fingerprint density at radius 1 is 1.08 bits per heavy atom. The van der Waals surface area contributed by atoms with Crippen LogP contribution in [0, 0.1) is 0 Å². The van der Waals surface area contributed by atoms with Gasteiger partial charge in [-0.15, -0.1) is 10.2 Å². The fourth-order valence-corrected chi connectivity index (χ4v) is 3.73. The van der Waals surface area contributed by atoms with Crippen molar-refractivity contribution < 1.29 is 9.53 Å². The number of aryl methyl sites for hydroxylation is 1. The lowest BCUT2D eigenvalue weighted by Crippen LogP contribution is -2.28. The number of carbonyl (C=O) groups excluding carboxylic acids is 1. The van der Waals surface area contributed by atoms with Gasteiger partial charge in [-0.1, -0.05) is 61.9 Å². The number of anilines is 1. The number of H-pyrrole nitrogens is 1. The Bertz CT molecular complexity index is 1260. The van der Waals surface area contributed by atoms with Crippen LogP contribution in [-0.4, -0.2) is 56.8 Å². The molecule has 0 aliphatic heterocycles. The minimum absolute atomic E-state index is 0.231. The summed E-state index contributed by atoms with van der Waals surface area (Å²) in [5, 5.41) is 20.6. The third-order valence-electron chi connectivity index (χ3n) is 5.67. The van der Waals surface area contributed by atoms with E-state index < -0.39 is 0 Å². The number of methoxy groups -OCH3 is 1. The Morgan fingerprint density at radius 2 is 1.89 bits per heavy atom. The number of aromatic amines is 1. The van der Waals surface area contributed by atoms with Crippen molar-refractivity contribution in [2.45, 2.75) is 32.7 Å². The number of hydrogen-bond acceptors (Lipinski definition) is 8. The fraction of sp³-hybridized carbons (Fsp3) is 0.308. The molecule has 3 N–H and O–H groups in total. The van der Waals surface area contributed by atoms with E-state index in [1.165, 1.54) is 0 Å². The Hall–Kier alpha value is -4.18. The van der Waals surface area contributed by atoms with Gasteiger partial charge in [-0.05, 0) is 28.3 Å². The summed E-state index contributed by atoms with van der Waals surface area (Å²) in [7, 11) is 1.60. The summed E-state index contributed by atoms with van der Waals surface area (Å²) in [5.41, 5.74) is 4.43. The highest BCUT2D eigenvalue weighted by atomic mass is 16.5. The first-order chi connectivity index (χ1) is 17.7. The normalized spacial score (nSPS) is 10.8. The zero-order valence-corrected chi connectivity index (χ0v) is 20.5. The van der Waals surface area contributed by atoms with Crippen LogP contribution in [0.3, 0.4) is 0 Å². The van der Waals surface area contributed by atoms with Crippen molar-refractivity contribution >= 4 is 11.7 Å². The molecular formula is C26H30N8O2. The molecule has 0 aliphatic rings. The second kappa shape index (κ2) is 12.5. The molecule has 4 aromatic rings. The highest BCUT2D eigenvalue weighted by molar-refractivity contribution is 5.98. The third kappa shape index (κ3) is 6.28. The number of nitrogens with one attached hydrogen (secondary N) is 3. The maximum Gasteiger partial charge on any atom is 0.256 e. The maximum atomic E-state index is 12.7. The predicted molar refractivity (Wildman–Crippen MR) is 137 cm³/mol. The number of aromatic nitrogens is 6. The molecule has 0 fully saturated rings. The van der Waals surface area contributed by atoms with Gasteiger partial charge in [-0.2, -0.15) is 5.21 Å². The zero-order valence-electron chi connectivity index (χ0n) is 20.5. The van der Waals surface area contributed by atoms with E-state index in [2.05, 4.69) is 60.3 Å². The molecule has 0 radical (unpaired) electrons. The van der Waals surface area contributed by atoms with Gasteiger partial charge in [0.25, 0.3) is 5.91 Å². The van der Waals surface area contributed by atoms with Gasteiger partial charge in [0, 0.05) is 38.4 Å². The van der Waals surface area contributed by atoms with Crippen LogP contribution in [0.4, 0.5) is 5.82 Å². The van der Waals surface area contributed by atoms with Crippen molar-refractivity contribution in [2.75, 3.05) is 25.6 Å². The number of unbranched alkanes of at least 4 members (excludes halogenated alkanes) is 1. The quantitative estimate of drug-likeness (QED) is 0.259. The summed E-state index contributed by atoms with van der Waals surface area (Å²) in [5.74, 6) is 1.57. The number of nitrogens with zero attached hydrogens (tertiary/aromatic N) is 5. The van der Waals surface area contributed by atoms with Crippen LogP contribution >= 0.6 is 0 Å². The summed E-state index contributed by atoms with van der Waals surface area (Å²) >= 11 is 0. The Morgan fingerprint density at radius 3 is 2.61 bits per heavy atom. The van der Waals surface area contributed by atoms with Crippen molar-refractivity contribution in [3.05, 3.63) is 71.7 Å². The first-order valence-corrected chi connectivity index (χ1v) is 12.0. The molecule has 10 heteroatoms. The summed E-state index contributed by atoms with van der Waals surface area (Å²) in [6, 6.07) is 16.2. The summed E-state index contributed by atoms with van der Waals surface area (Å²) in [4.78, 5) is 21.7. The van der Waals surface area contributed by atoms with Crippen LogP contribution in [0.2, 0.25) is 0 Å². The standard InChI is InChI=1S/C26H30N8O2/c1-3-4-9-23-28-17-22(26(35)27-14-15-36-2)24(30-23)29-16-18-10-12-19(13-11-18)20-7-5-6-8-21(20)25-31-33-34-32-25/h5-8,10-13,17H,3-4,9,14-16H2,1-2H3,(H,27,35)(H,28,29,30)(H,31,32,33,34). The van der Waals surface area contributed by atoms with Crippen LogP contribution in [0.25, 0.3) is 22.5 Å². The molecule has 0 aliphatic carbocycles. The van der Waals surface area contributed by atoms with E-state index in [0.29, 0.717) is 36.9 Å². The molecule has 36 heavy (non-hydrogen) atoms. The first kappa shape index (κ1) is 24.9. The molecule has 0 saturated carbocycles. The minimum atomic E-state index is -0.231. The number of rotatable bonds is 12. The van der Waals surface area contributed by atoms with Gasteiger partial charge >= 0.3 is 0 Å². The Kier molecular flexibility index (Phi) is 8.66. The van der Waals surface area contributed by atoms with Crippen molar-refractivity contribution in [1.29, 1.82) is 0 Å². The molecule has 0 saturated heterocycles. The summed E-state index contributed by atoms with van der Waals surface area (Å²) in [6.07, 6.45) is 4.41. The monoisotopic (exact) mass is 486 g/mol. The second-order valence-electron chi connectivity index (χ2n) is 8.23. The van der Waals surface area contributed by atoms with Gasteiger partial charge in [0.05, 0.1) is 6.61 Å². The average Bonchev–Trinajstić information content (AvgIpc) is 3.46. The summed E-state index contributed by atoms with van der Waals surface area (Å²) < 4.78 is 5.02. The SMILES string of the molecule is CCCCc1ncc(C(=O)NCCOC)c(NCc2ccc(-c3ccccc3-c3nn[nH]n3)cc2)n1. The lowest BCUT2D eigenvalue weighted by molar-refractivity contribution is 0.0937. The van der Waals surface area contributed by atoms with Crippen molar-refractivity contribution in [1.82, 2.24) is 35.9 Å². The molecule has 1 amide bonds. The molecule has 0 unspecified atom stereocenters. The zero-order chi connectivity index (χ0) is 25.2. The van der Waals surface area contributed by atoms with Gasteiger partial charge in [0.1, 0.15) is 17.2 Å². The molecular weight excluding hydrogens is 456 g/mol. The van der Waals surface area contributed by atoms with E-state index in [-0.39, 0.29) is 5.91 Å². The lowest BCUT2D eigenvalue weighted by atomic mass is 9.98. The highest BCUT2D eigenvalue weighted by Gasteiger charge is 2.15. The van der Waals surface area contributed by atoms with Crippen LogP contribution in [0.15, 0.2) is 54.7 Å². The Balaban J connectivity index is 1.50. The van der Waals surface area contributed by atoms with Crippen molar-refractivity contribution in [2.24, 2.45) is 0 Å². The number of carbonyl (C=O) groups is 1. The van der Waals surface area contributed by atoms with Crippen LogP contribution in [-0.2, 0) is 17.7 Å².